The fourth-order valence-corrected chi connectivity index (χ4v) is 1.87. The van der Waals surface area contributed by atoms with Crippen LogP contribution in [0.2, 0.25) is 0 Å². The molecule has 0 aliphatic rings. The molecule has 0 fully saturated rings. The largest absolute Gasteiger partial charge is 0.451 e. The molecule has 0 saturated heterocycles. The summed E-state index contributed by atoms with van der Waals surface area (Å²) in [6.45, 7) is -0.772. The average molecular weight is 345 g/mol. The van der Waals surface area contributed by atoms with Gasteiger partial charge in [-0.1, -0.05) is 6.07 Å². The zero-order chi connectivity index (χ0) is 18.1. The number of halogens is 3. The highest BCUT2D eigenvalue weighted by molar-refractivity contribution is 5.90. The van der Waals surface area contributed by atoms with Crippen molar-refractivity contribution < 1.29 is 22.9 Å². The van der Waals surface area contributed by atoms with Crippen LogP contribution in [0.3, 0.4) is 0 Å². The number of carbonyl (C=O) groups is 1. The number of nitro groups is 1. The van der Waals surface area contributed by atoms with Crippen molar-refractivity contribution in [3.05, 3.63) is 50.7 Å². The molecule has 1 heterocycles. The Morgan fingerprint density at radius 1 is 1.42 bits per heavy atom. The van der Waals surface area contributed by atoms with E-state index in [4.69, 9.17) is 0 Å². The van der Waals surface area contributed by atoms with Crippen LogP contribution in [-0.4, -0.2) is 25.2 Å². The van der Waals surface area contributed by atoms with Gasteiger partial charge < -0.3 is 5.32 Å². The van der Waals surface area contributed by atoms with Gasteiger partial charge in [0.05, 0.1) is 4.92 Å². The van der Waals surface area contributed by atoms with E-state index in [1.807, 2.05) is 0 Å². The number of nitro benzene ring substituents is 1. The lowest BCUT2D eigenvalue weighted by molar-refractivity contribution is -0.384. The van der Waals surface area contributed by atoms with Crippen LogP contribution in [-0.2, 0) is 24.6 Å². The Morgan fingerprint density at radius 3 is 2.62 bits per heavy atom. The van der Waals surface area contributed by atoms with Gasteiger partial charge in [0, 0.05) is 24.9 Å². The first kappa shape index (κ1) is 17.2. The van der Waals surface area contributed by atoms with Crippen LogP contribution in [0.25, 0.3) is 0 Å². The molecule has 2 rings (SSSR count). The van der Waals surface area contributed by atoms with Gasteiger partial charge in [-0.2, -0.15) is 13.2 Å². The smallest absolute Gasteiger partial charge is 0.324 e. The molecule has 2 aromatic rings. The first-order valence-electron chi connectivity index (χ1n) is 6.35. The minimum absolute atomic E-state index is 0.0641. The zero-order valence-electron chi connectivity index (χ0n) is 12.1. The van der Waals surface area contributed by atoms with E-state index < -0.39 is 35.1 Å². The fraction of sp³-hybridized carbons (Fsp3) is 0.250. The number of hydrogen-bond acceptors (Lipinski definition) is 5. The number of aromatic nitrogens is 3. The second kappa shape index (κ2) is 6.14. The number of nitrogens with one attached hydrogen (secondary N) is 1. The molecule has 0 aliphatic carbocycles. The van der Waals surface area contributed by atoms with Gasteiger partial charge in [0.25, 0.3) is 5.69 Å². The average Bonchev–Trinajstić information content (AvgIpc) is 2.75. The normalized spacial score (nSPS) is 11.3. The summed E-state index contributed by atoms with van der Waals surface area (Å²) in [4.78, 5) is 33.4. The highest BCUT2D eigenvalue weighted by atomic mass is 19.4. The Morgan fingerprint density at radius 2 is 2.08 bits per heavy atom. The number of hydrogen-bond donors (Lipinski definition) is 1. The van der Waals surface area contributed by atoms with Crippen molar-refractivity contribution in [2.24, 2.45) is 7.05 Å². The van der Waals surface area contributed by atoms with Crippen LogP contribution in [0.1, 0.15) is 5.82 Å². The summed E-state index contributed by atoms with van der Waals surface area (Å²) >= 11 is 0. The standard InChI is InChI=1S/C12H10F3N5O4/c1-18-10(12(13,14)15)17-19(11(18)22)6-9(21)16-7-3-2-4-8(5-7)20(23)24/h2-5H,6H2,1H3,(H,16,21). The summed E-state index contributed by atoms with van der Waals surface area (Å²) < 4.78 is 38.6. The van der Waals surface area contributed by atoms with E-state index in [0.717, 1.165) is 13.1 Å². The second-order valence-electron chi connectivity index (χ2n) is 4.68. The summed E-state index contributed by atoms with van der Waals surface area (Å²) in [5.74, 6) is -2.29. The molecule has 128 valence electrons. The third kappa shape index (κ3) is 3.59. The van der Waals surface area contributed by atoms with Gasteiger partial charge >= 0.3 is 11.9 Å². The van der Waals surface area contributed by atoms with E-state index in [1.165, 1.54) is 18.2 Å². The van der Waals surface area contributed by atoms with Gasteiger partial charge in [0.2, 0.25) is 11.7 Å². The Kier molecular flexibility index (Phi) is 4.39. The van der Waals surface area contributed by atoms with E-state index in [1.54, 1.807) is 0 Å². The van der Waals surface area contributed by atoms with Crippen molar-refractivity contribution in [3.8, 4) is 0 Å². The SMILES string of the molecule is Cn1c(C(F)(F)F)nn(CC(=O)Nc2cccc([N+](=O)[O-])c2)c1=O. The molecule has 12 heteroatoms. The van der Waals surface area contributed by atoms with Crippen molar-refractivity contribution >= 4 is 17.3 Å². The number of benzene rings is 1. The third-order valence-corrected chi connectivity index (χ3v) is 2.93. The van der Waals surface area contributed by atoms with E-state index >= 15 is 0 Å². The van der Waals surface area contributed by atoms with Gasteiger partial charge in [-0.25, -0.2) is 9.48 Å². The van der Waals surface area contributed by atoms with Crippen LogP contribution < -0.4 is 11.0 Å². The summed E-state index contributed by atoms with van der Waals surface area (Å²) in [5, 5.41) is 16.0. The number of rotatable bonds is 4. The molecule has 0 atom stereocenters. The minimum atomic E-state index is -4.84. The molecule has 24 heavy (non-hydrogen) atoms. The maximum absolute atomic E-state index is 12.6. The van der Waals surface area contributed by atoms with Gasteiger partial charge in [-0.05, 0) is 6.07 Å². The Balaban J connectivity index is 2.18. The third-order valence-electron chi connectivity index (χ3n) is 2.93. The van der Waals surface area contributed by atoms with Crippen LogP contribution >= 0.6 is 0 Å². The predicted octanol–water partition coefficient (Wildman–Crippen LogP) is 1.15. The first-order chi connectivity index (χ1) is 11.1. The molecule has 0 aliphatic heterocycles. The van der Waals surface area contributed by atoms with Crippen LogP contribution in [0, 0.1) is 10.1 Å². The highest BCUT2D eigenvalue weighted by Gasteiger charge is 2.38. The summed E-state index contributed by atoms with van der Waals surface area (Å²) in [6.07, 6.45) is -4.84. The molecule has 1 aromatic heterocycles. The van der Waals surface area contributed by atoms with Crippen molar-refractivity contribution in [2.45, 2.75) is 12.7 Å². The number of alkyl halides is 3. The lowest BCUT2D eigenvalue weighted by Crippen LogP contribution is -2.29. The lowest BCUT2D eigenvalue weighted by atomic mass is 10.3. The monoisotopic (exact) mass is 345 g/mol. The van der Waals surface area contributed by atoms with Crippen molar-refractivity contribution in [1.29, 1.82) is 0 Å². The number of amides is 1. The Hall–Kier alpha value is -3.18. The number of anilines is 1. The molecule has 1 amide bonds. The van der Waals surface area contributed by atoms with E-state index in [2.05, 4.69) is 10.4 Å². The topological polar surface area (TPSA) is 112 Å². The molecular formula is C12H10F3N5O4. The van der Waals surface area contributed by atoms with Crippen molar-refractivity contribution in [2.75, 3.05) is 5.32 Å². The van der Waals surface area contributed by atoms with E-state index in [-0.39, 0.29) is 15.9 Å². The van der Waals surface area contributed by atoms with Crippen LogP contribution in [0.4, 0.5) is 24.5 Å². The maximum atomic E-state index is 12.6. The molecule has 9 nitrogen and oxygen atoms in total. The second-order valence-corrected chi connectivity index (χ2v) is 4.68. The Labute approximate surface area is 131 Å². The Bertz CT molecular complexity index is 855. The molecule has 0 saturated carbocycles. The molecule has 0 radical (unpaired) electrons. The maximum Gasteiger partial charge on any atom is 0.451 e. The molecule has 1 aromatic carbocycles. The summed E-state index contributed by atoms with van der Waals surface area (Å²) in [7, 11) is 0.882. The molecular weight excluding hydrogens is 335 g/mol. The quantitative estimate of drug-likeness (QED) is 0.660. The van der Waals surface area contributed by atoms with Crippen molar-refractivity contribution in [3.63, 3.8) is 0 Å². The van der Waals surface area contributed by atoms with Gasteiger partial charge in [-0.15, -0.1) is 5.10 Å². The minimum Gasteiger partial charge on any atom is -0.324 e. The zero-order valence-corrected chi connectivity index (χ0v) is 12.1. The summed E-state index contributed by atoms with van der Waals surface area (Å²) in [6, 6.07) is 4.95. The predicted molar refractivity (Wildman–Crippen MR) is 74.2 cm³/mol. The lowest BCUT2D eigenvalue weighted by Gasteiger charge is -2.04. The number of carbonyl (C=O) groups excluding carboxylic acids is 1. The van der Waals surface area contributed by atoms with Crippen LogP contribution in [0.15, 0.2) is 29.1 Å². The van der Waals surface area contributed by atoms with Gasteiger partial charge in [0.1, 0.15) is 6.54 Å². The van der Waals surface area contributed by atoms with Crippen LogP contribution in [0.5, 0.6) is 0 Å². The molecule has 0 spiro atoms. The number of nitrogens with zero attached hydrogens (tertiary/aromatic N) is 4. The van der Waals surface area contributed by atoms with Gasteiger partial charge in [-0.3, -0.25) is 19.5 Å². The molecule has 0 unspecified atom stereocenters. The highest BCUT2D eigenvalue weighted by Crippen LogP contribution is 2.26. The van der Waals surface area contributed by atoms with Crippen molar-refractivity contribution in [1.82, 2.24) is 14.3 Å². The van der Waals surface area contributed by atoms with Gasteiger partial charge in [0.15, 0.2) is 0 Å². The van der Waals surface area contributed by atoms with E-state index in [0.29, 0.717) is 4.68 Å². The molecule has 1 N–H and O–H groups in total. The fourth-order valence-electron chi connectivity index (χ4n) is 1.87. The number of non-ortho nitro benzene ring substituents is 1. The first-order valence-corrected chi connectivity index (χ1v) is 6.35. The van der Waals surface area contributed by atoms with E-state index in [9.17, 15) is 32.9 Å². The molecule has 0 bridgehead atoms. The summed E-state index contributed by atoms with van der Waals surface area (Å²) in [5.41, 5.74) is -1.33.